The molecule has 0 bridgehead atoms. The molecule has 1 atom stereocenters. The van der Waals surface area contributed by atoms with Crippen LogP contribution in [0.5, 0.6) is 0 Å². The lowest BCUT2D eigenvalue weighted by atomic mass is 10.1. The molecule has 0 aromatic rings. The third kappa shape index (κ3) is 1.29. The van der Waals surface area contributed by atoms with E-state index in [1.807, 2.05) is 11.8 Å². The number of rotatable bonds is 2. The van der Waals surface area contributed by atoms with Gasteiger partial charge in [0.05, 0.1) is 6.04 Å². The van der Waals surface area contributed by atoms with Crippen molar-refractivity contribution in [1.29, 1.82) is 0 Å². The molecule has 1 aliphatic heterocycles. The van der Waals surface area contributed by atoms with Crippen molar-refractivity contribution in [2.24, 2.45) is 5.73 Å². The van der Waals surface area contributed by atoms with Gasteiger partial charge in [-0.05, 0) is 12.8 Å². The zero-order valence-corrected chi connectivity index (χ0v) is 6.34. The van der Waals surface area contributed by atoms with Gasteiger partial charge in [0.1, 0.15) is 0 Å². The summed E-state index contributed by atoms with van der Waals surface area (Å²) in [4.78, 5) is 13.0. The van der Waals surface area contributed by atoms with Crippen LogP contribution in [0.1, 0.15) is 19.8 Å². The molecule has 1 amide bonds. The molecule has 0 aromatic heterocycles. The lowest BCUT2D eigenvalue weighted by molar-refractivity contribution is -0.136. The molecule has 0 spiro atoms. The zero-order chi connectivity index (χ0) is 7.56. The van der Waals surface area contributed by atoms with E-state index in [4.69, 9.17) is 5.73 Å². The van der Waals surface area contributed by atoms with Crippen molar-refractivity contribution in [1.82, 2.24) is 4.90 Å². The minimum atomic E-state index is -0.264. The number of hydrogen-bond acceptors (Lipinski definition) is 2. The molecule has 0 saturated carbocycles. The standard InChI is InChI=1S/C7H14N2O/c1-2-6(8)7(10)9-4-3-5-9/h6H,2-5,8H2,1H3. The smallest absolute Gasteiger partial charge is 0.239 e. The Balaban J connectivity index is 2.32. The van der Waals surface area contributed by atoms with Crippen LogP contribution in [0.2, 0.25) is 0 Å². The van der Waals surface area contributed by atoms with Gasteiger partial charge < -0.3 is 10.6 Å². The fourth-order valence-electron chi connectivity index (χ4n) is 0.946. The second kappa shape index (κ2) is 3.01. The normalized spacial score (nSPS) is 20.0. The van der Waals surface area contributed by atoms with E-state index >= 15 is 0 Å². The molecule has 1 unspecified atom stereocenters. The maximum atomic E-state index is 11.2. The number of carbonyl (C=O) groups excluding carboxylic acids is 1. The monoisotopic (exact) mass is 142 g/mol. The Morgan fingerprint density at radius 2 is 2.30 bits per heavy atom. The molecule has 1 saturated heterocycles. The largest absolute Gasteiger partial charge is 0.341 e. The molecule has 3 heteroatoms. The molecule has 1 rings (SSSR count). The summed E-state index contributed by atoms with van der Waals surface area (Å²) >= 11 is 0. The first-order valence-corrected chi connectivity index (χ1v) is 3.80. The summed E-state index contributed by atoms with van der Waals surface area (Å²) in [5.74, 6) is 0.119. The van der Waals surface area contributed by atoms with E-state index in [0.29, 0.717) is 0 Å². The van der Waals surface area contributed by atoms with Gasteiger partial charge in [-0.25, -0.2) is 0 Å². The second-order valence-corrected chi connectivity index (χ2v) is 2.69. The van der Waals surface area contributed by atoms with E-state index in [1.54, 1.807) is 0 Å². The molecule has 2 N–H and O–H groups in total. The highest BCUT2D eigenvalue weighted by atomic mass is 16.2. The van der Waals surface area contributed by atoms with Crippen molar-refractivity contribution in [2.45, 2.75) is 25.8 Å². The second-order valence-electron chi connectivity index (χ2n) is 2.69. The van der Waals surface area contributed by atoms with Crippen molar-refractivity contribution in [2.75, 3.05) is 13.1 Å². The average Bonchev–Trinajstić information content (AvgIpc) is 1.82. The van der Waals surface area contributed by atoms with Gasteiger partial charge in [-0.2, -0.15) is 0 Å². The van der Waals surface area contributed by atoms with Gasteiger partial charge in [0.15, 0.2) is 0 Å². The SMILES string of the molecule is CCC(N)C(=O)N1CCC1. The highest BCUT2D eigenvalue weighted by Gasteiger charge is 2.23. The summed E-state index contributed by atoms with van der Waals surface area (Å²) in [5, 5.41) is 0. The van der Waals surface area contributed by atoms with Gasteiger partial charge in [0.25, 0.3) is 0 Å². The van der Waals surface area contributed by atoms with Crippen molar-refractivity contribution >= 4 is 5.91 Å². The van der Waals surface area contributed by atoms with Crippen LogP contribution in [-0.2, 0) is 4.79 Å². The molecule has 0 aromatic carbocycles. The van der Waals surface area contributed by atoms with Crippen molar-refractivity contribution in [3.05, 3.63) is 0 Å². The number of nitrogens with zero attached hydrogens (tertiary/aromatic N) is 1. The van der Waals surface area contributed by atoms with Gasteiger partial charge in [-0.15, -0.1) is 0 Å². The first-order valence-electron chi connectivity index (χ1n) is 3.80. The van der Waals surface area contributed by atoms with Crippen LogP contribution in [0.25, 0.3) is 0 Å². The summed E-state index contributed by atoms with van der Waals surface area (Å²) in [5.41, 5.74) is 5.54. The van der Waals surface area contributed by atoms with Crippen LogP contribution in [0.3, 0.4) is 0 Å². The number of nitrogens with two attached hydrogens (primary N) is 1. The average molecular weight is 142 g/mol. The Kier molecular flexibility index (Phi) is 2.27. The first kappa shape index (κ1) is 7.54. The topological polar surface area (TPSA) is 46.3 Å². The van der Waals surface area contributed by atoms with Crippen LogP contribution in [0.15, 0.2) is 0 Å². The lowest BCUT2D eigenvalue weighted by Crippen LogP contribution is -2.49. The molecule has 0 radical (unpaired) electrons. The Labute approximate surface area is 61.2 Å². The van der Waals surface area contributed by atoms with Crippen molar-refractivity contribution in [3.8, 4) is 0 Å². The number of carbonyl (C=O) groups is 1. The molecular weight excluding hydrogens is 128 g/mol. The summed E-state index contributed by atoms with van der Waals surface area (Å²) in [7, 11) is 0. The van der Waals surface area contributed by atoms with Crippen LogP contribution >= 0.6 is 0 Å². The maximum absolute atomic E-state index is 11.2. The third-order valence-corrected chi connectivity index (χ3v) is 1.92. The fraction of sp³-hybridized carbons (Fsp3) is 0.857. The number of amides is 1. The number of likely N-dealkylation sites (tertiary alicyclic amines) is 1. The predicted molar refractivity (Wildman–Crippen MR) is 39.5 cm³/mol. The Hall–Kier alpha value is -0.570. The first-order chi connectivity index (χ1) is 4.75. The molecule has 3 nitrogen and oxygen atoms in total. The van der Waals surface area contributed by atoms with Gasteiger partial charge in [0, 0.05) is 13.1 Å². The summed E-state index contributed by atoms with van der Waals surface area (Å²) in [6.45, 7) is 3.75. The van der Waals surface area contributed by atoms with Crippen LogP contribution in [0, 0.1) is 0 Å². The summed E-state index contributed by atoms with van der Waals surface area (Å²) in [6.07, 6.45) is 1.89. The quantitative estimate of drug-likeness (QED) is 0.588. The fourth-order valence-corrected chi connectivity index (χ4v) is 0.946. The highest BCUT2D eigenvalue weighted by Crippen LogP contribution is 2.07. The molecule has 1 heterocycles. The summed E-state index contributed by atoms with van der Waals surface area (Å²) < 4.78 is 0. The zero-order valence-electron chi connectivity index (χ0n) is 6.34. The minimum absolute atomic E-state index is 0.119. The van der Waals surface area contributed by atoms with E-state index in [0.717, 1.165) is 25.9 Å². The Bertz CT molecular complexity index is 125. The van der Waals surface area contributed by atoms with E-state index < -0.39 is 0 Å². The van der Waals surface area contributed by atoms with Gasteiger partial charge >= 0.3 is 0 Å². The van der Waals surface area contributed by atoms with Gasteiger partial charge in [0.2, 0.25) is 5.91 Å². The van der Waals surface area contributed by atoms with Crippen LogP contribution in [-0.4, -0.2) is 29.9 Å². The Morgan fingerprint density at radius 1 is 1.70 bits per heavy atom. The molecule has 0 aliphatic carbocycles. The van der Waals surface area contributed by atoms with E-state index in [-0.39, 0.29) is 11.9 Å². The molecule has 58 valence electrons. The lowest BCUT2D eigenvalue weighted by Gasteiger charge is -2.32. The minimum Gasteiger partial charge on any atom is -0.341 e. The van der Waals surface area contributed by atoms with E-state index in [2.05, 4.69) is 0 Å². The van der Waals surface area contributed by atoms with E-state index in [9.17, 15) is 4.79 Å². The number of hydrogen-bond donors (Lipinski definition) is 1. The summed E-state index contributed by atoms with van der Waals surface area (Å²) in [6, 6.07) is -0.264. The van der Waals surface area contributed by atoms with Gasteiger partial charge in [-0.1, -0.05) is 6.92 Å². The van der Waals surface area contributed by atoms with E-state index in [1.165, 1.54) is 0 Å². The van der Waals surface area contributed by atoms with Crippen molar-refractivity contribution in [3.63, 3.8) is 0 Å². The predicted octanol–water partition coefficient (Wildman–Crippen LogP) is -0.0440. The van der Waals surface area contributed by atoms with Crippen molar-refractivity contribution < 1.29 is 4.79 Å². The van der Waals surface area contributed by atoms with Crippen LogP contribution < -0.4 is 5.73 Å². The Morgan fingerprint density at radius 3 is 2.60 bits per heavy atom. The molecule has 1 aliphatic rings. The molecule has 10 heavy (non-hydrogen) atoms. The molecule has 1 fully saturated rings. The maximum Gasteiger partial charge on any atom is 0.239 e. The molecular formula is C7H14N2O. The van der Waals surface area contributed by atoms with Gasteiger partial charge in [-0.3, -0.25) is 4.79 Å². The third-order valence-electron chi connectivity index (χ3n) is 1.92. The highest BCUT2D eigenvalue weighted by molar-refractivity contribution is 5.82. The van der Waals surface area contributed by atoms with Crippen LogP contribution in [0.4, 0.5) is 0 Å².